The van der Waals surface area contributed by atoms with E-state index in [-0.39, 0.29) is 24.1 Å². The second kappa shape index (κ2) is 7.92. The van der Waals surface area contributed by atoms with Gasteiger partial charge in [0.1, 0.15) is 5.82 Å². The van der Waals surface area contributed by atoms with Crippen LogP contribution in [0.3, 0.4) is 0 Å². The minimum absolute atomic E-state index is 0.0400. The van der Waals surface area contributed by atoms with Crippen molar-refractivity contribution in [1.82, 2.24) is 14.5 Å². The maximum atomic E-state index is 12.4. The third-order valence-corrected chi connectivity index (χ3v) is 5.25. The summed E-state index contributed by atoms with van der Waals surface area (Å²) in [5.41, 5.74) is 0. The number of piperidine rings is 1. The molecule has 2 rings (SSSR count). The van der Waals surface area contributed by atoms with Gasteiger partial charge in [0.05, 0.1) is 5.75 Å². The molecule has 0 unspecified atom stereocenters. The highest BCUT2D eigenvalue weighted by Gasteiger charge is 2.26. The van der Waals surface area contributed by atoms with Crippen LogP contribution in [0.15, 0.2) is 12.4 Å². The van der Waals surface area contributed by atoms with Crippen LogP contribution in [0.4, 0.5) is 0 Å². The van der Waals surface area contributed by atoms with Gasteiger partial charge in [0.15, 0.2) is 0 Å². The summed E-state index contributed by atoms with van der Waals surface area (Å²) < 4.78 is 23.9. The number of aromatic nitrogens is 2. The first-order valence-electron chi connectivity index (χ1n) is 8.13. The number of aryl methyl sites for hydroxylation is 2. The second-order valence-electron chi connectivity index (χ2n) is 6.20. The van der Waals surface area contributed by atoms with E-state index in [2.05, 4.69) is 4.98 Å². The summed E-state index contributed by atoms with van der Waals surface area (Å²) in [6.45, 7) is 0.763. The van der Waals surface area contributed by atoms with Gasteiger partial charge in [0.2, 0.25) is 15.9 Å². The number of hydrogen-bond acceptors (Lipinski definition) is 4. The van der Waals surface area contributed by atoms with Gasteiger partial charge in [-0.3, -0.25) is 4.79 Å². The quantitative estimate of drug-likeness (QED) is 0.792. The number of carbonyl (C=O) groups is 1. The van der Waals surface area contributed by atoms with E-state index < -0.39 is 10.0 Å². The molecule has 8 heteroatoms. The van der Waals surface area contributed by atoms with Crippen LogP contribution in [0.5, 0.6) is 0 Å². The monoisotopic (exact) mass is 342 g/mol. The number of rotatable bonds is 7. The predicted molar refractivity (Wildman–Crippen MR) is 88.1 cm³/mol. The first kappa shape index (κ1) is 17.9. The fourth-order valence-corrected chi connectivity index (χ4v) is 3.68. The highest BCUT2D eigenvalue weighted by atomic mass is 32.2. The standard InChI is InChI=1S/C15H26N4O3S/c1-18-11-9-17-14(18)8-7-13-5-2-3-10-19(13)15(20)6-4-12-23(16,21)22/h9,11,13H,2-8,10,12H2,1H3,(H2,16,21,22)/t13-/m0/s1. The van der Waals surface area contributed by atoms with E-state index in [1.54, 1.807) is 6.20 Å². The summed E-state index contributed by atoms with van der Waals surface area (Å²) in [5.74, 6) is 0.931. The molecule has 0 bridgehead atoms. The first-order valence-corrected chi connectivity index (χ1v) is 9.84. The minimum Gasteiger partial charge on any atom is -0.340 e. The number of imidazole rings is 1. The smallest absolute Gasteiger partial charge is 0.222 e. The molecule has 0 radical (unpaired) electrons. The second-order valence-corrected chi connectivity index (χ2v) is 7.93. The molecule has 1 aliphatic heterocycles. The summed E-state index contributed by atoms with van der Waals surface area (Å²) in [6, 6.07) is 0.224. The van der Waals surface area contributed by atoms with Crippen molar-refractivity contribution < 1.29 is 13.2 Å². The first-order chi connectivity index (χ1) is 10.9. The summed E-state index contributed by atoms with van der Waals surface area (Å²) in [6.07, 6.45) is 9.13. The Labute approximate surface area is 137 Å². The highest BCUT2D eigenvalue weighted by Crippen LogP contribution is 2.22. The number of likely N-dealkylation sites (tertiary alicyclic amines) is 1. The summed E-state index contributed by atoms with van der Waals surface area (Å²) in [5, 5.41) is 4.98. The lowest BCUT2D eigenvalue weighted by molar-refractivity contribution is -0.135. The van der Waals surface area contributed by atoms with Crippen molar-refractivity contribution in [2.24, 2.45) is 12.2 Å². The molecule has 1 aliphatic rings. The van der Waals surface area contributed by atoms with Crippen LogP contribution in [0, 0.1) is 0 Å². The van der Waals surface area contributed by atoms with Crippen LogP contribution in [0.25, 0.3) is 0 Å². The Bertz CT molecular complexity index is 626. The third kappa shape index (κ3) is 5.62. The fraction of sp³-hybridized carbons (Fsp3) is 0.733. The SMILES string of the molecule is Cn1ccnc1CC[C@@H]1CCCCN1C(=O)CCCS(N)(=O)=O. The fourth-order valence-electron chi connectivity index (χ4n) is 3.13. The molecule has 1 saturated heterocycles. The van der Waals surface area contributed by atoms with Crippen molar-refractivity contribution >= 4 is 15.9 Å². The Balaban J connectivity index is 1.87. The Morgan fingerprint density at radius 2 is 2.22 bits per heavy atom. The number of carbonyl (C=O) groups excluding carboxylic acids is 1. The zero-order valence-electron chi connectivity index (χ0n) is 13.6. The molecule has 0 saturated carbocycles. The summed E-state index contributed by atoms with van der Waals surface area (Å²) >= 11 is 0. The van der Waals surface area contributed by atoms with Gasteiger partial charge in [-0.2, -0.15) is 0 Å². The summed E-state index contributed by atoms with van der Waals surface area (Å²) in [7, 11) is -1.52. The molecule has 0 spiro atoms. The molecule has 7 nitrogen and oxygen atoms in total. The van der Waals surface area contributed by atoms with E-state index >= 15 is 0 Å². The maximum Gasteiger partial charge on any atom is 0.222 e. The normalized spacial score (nSPS) is 19.0. The van der Waals surface area contributed by atoms with Gasteiger partial charge in [0.25, 0.3) is 0 Å². The van der Waals surface area contributed by atoms with Gasteiger partial charge < -0.3 is 9.47 Å². The molecule has 1 fully saturated rings. The van der Waals surface area contributed by atoms with E-state index in [1.165, 1.54) is 0 Å². The van der Waals surface area contributed by atoms with Crippen LogP contribution < -0.4 is 5.14 Å². The minimum atomic E-state index is -3.49. The van der Waals surface area contributed by atoms with Crippen LogP contribution in [-0.2, 0) is 28.3 Å². The molecule has 23 heavy (non-hydrogen) atoms. The van der Waals surface area contributed by atoms with Crippen LogP contribution in [0.2, 0.25) is 0 Å². The molecule has 1 aromatic rings. The van der Waals surface area contributed by atoms with Crippen molar-refractivity contribution in [2.45, 2.75) is 51.0 Å². The van der Waals surface area contributed by atoms with Crippen LogP contribution >= 0.6 is 0 Å². The topological polar surface area (TPSA) is 98.3 Å². The lowest BCUT2D eigenvalue weighted by Crippen LogP contribution is -2.44. The van der Waals surface area contributed by atoms with Crippen LogP contribution in [0.1, 0.15) is 44.3 Å². The third-order valence-electron chi connectivity index (χ3n) is 4.39. The lowest BCUT2D eigenvalue weighted by Gasteiger charge is -2.36. The van der Waals surface area contributed by atoms with Gasteiger partial charge in [-0.15, -0.1) is 0 Å². The average molecular weight is 342 g/mol. The van der Waals surface area contributed by atoms with Gasteiger partial charge >= 0.3 is 0 Å². The maximum absolute atomic E-state index is 12.4. The average Bonchev–Trinajstić information content (AvgIpc) is 2.89. The Morgan fingerprint density at radius 3 is 2.87 bits per heavy atom. The molecular weight excluding hydrogens is 316 g/mol. The molecule has 2 heterocycles. The van der Waals surface area contributed by atoms with Crippen molar-refractivity contribution in [3.63, 3.8) is 0 Å². The van der Waals surface area contributed by atoms with Crippen molar-refractivity contribution in [3.05, 3.63) is 18.2 Å². The van der Waals surface area contributed by atoms with Crippen molar-refractivity contribution in [1.29, 1.82) is 0 Å². The van der Waals surface area contributed by atoms with E-state index in [0.29, 0.717) is 6.42 Å². The molecule has 1 aromatic heterocycles. The van der Waals surface area contributed by atoms with E-state index in [1.807, 2.05) is 22.7 Å². The van der Waals surface area contributed by atoms with E-state index in [0.717, 1.165) is 44.5 Å². The zero-order valence-corrected chi connectivity index (χ0v) is 14.5. The molecule has 0 aliphatic carbocycles. The lowest BCUT2D eigenvalue weighted by atomic mass is 9.97. The molecule has 0 aromatic carbocycles. The van der Waals surface area contributed by atoms with Gasteiger partial charge in [-0.1, -0.05) is 0 Å². The number of nitrogens with two attached hydrogens (primary N) is 1. The zero-order chi connectivity index (χ0) is 16.9. The predicted octanol–water partition coefficient (Wildman–Crippen LogP) is 0.803. The van der Waals surface area contributed by atoms with Crippen LogP contribution in [-0.4, -0.2) is 47.1 Å². The number of primary sulfonamides is 1. The number of nitrogens with zero attached hydrogens (tertiary/aromatic N) is 3. The molecule has 1 amide bonds. The van der Waals surface area contributed by atoms with E-state index in [4.69, 9.17) is 5.14 Å². The van der Waals surface area contributed by atoms with Gasteiger partial charge in [0, 0.05) is 44.9 Å². The van der Waals surface area contributed by atoms with Crippen molar-refractivity contribution in [3.8, 4) is 0 Å². The number of amides is 1. The number of hydrogen-bond donors (Lipinski definition) is 1. The largest absolute Gasteiger partial charge is 0.340 e. The Morgan fingerprint density at radius 1 is 1.43 bits per heavy atom. The summed E-state index contributed by atoms with van der Waals surface area (Å²) in [4.78, 5) is 18.6. The Hall–Kier alpha value is -1.41. The molecule has 1 atom stereocenters. The number of sulfonamides is 1. The molecule has 2 N–H and O–H groups in total. The Kier molecular flexibility index (Phi) is 6.17. The van der Waals surface area contributed by atoms with Gasteiger partial charge in [-0.05, 0) is 32.1 Å². The molecule has 130 valence electrons. The molecular formula is C15H26N4O3S. The van der Waals surface area contributed by atoms with Crippen molar-refractivity contribution in [2.75, 3.05) is 12.3 Å². The van der Waals surface area contributed by atoms with E-state index in [9.17, 15) is 13.2 Å². The highest BCUT2D eigenvalue weighted by molar-refractivity contribution is 7.89. The van der Waals surface area contributed by atoms with Gasteiger partial charge in [-0.25, -0.2) is 18.5 Å².